The summed E-state index contributed by atoms with van der Waals surface area (Å²) in [6.07, 6.45) is 5.56. The molecule has 4 nitrogen and oxygen atoms in total. The molecule has 1 saturated carbocycles. The minimum absolute atomic E-state index is 0.261. The normalized spacial score (nSPS) is 25.8. The Morgan fingerprint density at radius 3 is 3.00 bits per heavy atom. The van der Waals surface area contributed by atoms with Gasteiger partial charge in [-0.25, -0.2) is 4.98 Å². The van der Waals surface area contributed by atoms with Crippen LogP contribution < -0.4 is 0 Å². The predicted octanol–water partition coefficient (Wildman–Crippen LogP) is 0.549. The van der Waals surface area contributed by atoms with Gasteiger partial charge in [0.25, 0.3) is 0 Å². The Morgan fingerprint density at radius 2 is 2.31 bits per heavy atom. The van der Waals surface area contributed by atoms with E-state index in [-0.39, 0.29) is 6.61 Å². The molecule has 1 aliphatic carbocycles. The lowest BCUT2D eigenvalue weighted by Gasteiger charge is -2.34. The second-order valence-electron chi connectivity index (χ2n) is 5.16. The van der Waals surface area contributed by atoms with E-state index in [0.717, 1.165) is 25.4 Å². The van der Waals surface area contributed by atoms with Gasteiger partial charge in [0.2, 0.25) is 0 Å². The second kappa shape index (κ2) is 3.86. The van der Waals surface area contributed by atoms with Crippen LogP contribution in [0, 0.1) is 5.92 Å². The highest BCUT2D eigenvalue weighted by atomic mass is 16.3. The van der Waals surface area contributed by atoms with E-state index in [2.05, 4.69) is 14.5 Å². The molecule has 1 fully saturated rings. The highest BCUT2D eigenvalue weighted by Gasteiger charge is 2.32. The Hall–Kier alpha value is -0.870. The quantitative estimate of drug-likeness (QED) is 0.810. The van der Waals surface area contributed by atoms with Crippen molar-refractivity contribution in [3.63, 3.8) is 0 Å². The van der Waals surface area contributed by atoms with Crippen LogP contribution in [-0.4, -0.2) is 38.8 Å². The van der Waals surface area contributed by atoms with Crippen molar-refractivity contribution in [1.29, 1.82) is 0 Å². The number of aliphatic hydroxyl groups is 1. The van der Waals surface area contributed by atoms with Crippen LogP contribution in [0.2, 0.25) is 0 Å². The van der Waals surface area contributed by atoms with Crippen molar-refractivity contribution in [2.75, 3.05) is 13.2 Å². The molecule has 0 radical (unpaired) electrons. The number of nitrogens with zero attached hydrogens (tertiary/aromatic N) is 3. The van der Waals surface area contributed by atoms with Gasteiger partial charge in [-0.15, -0.1) is 0 Å². The summed E-state index contributed by atoms with van der Waals surface area (Å²) >= 11 is 0. The molecular formula is C12H19N3O. The van der Waals surface area contributed by atoms with E-state index >= 15 is 0 Å². The predicted molar refractivity (Wildman–Crippen MR) is 60.9 cm³/mol. The molecule has 3 rings (SSSR count). The number of fused-ring (bicyclic) bond motifs is 1. The van der Waals surface area contributed by atoms with Gasteiger partial charge in [-0.1, -0.05) is 0 Å². The third-order valence-corrected chi connectivity index (χ3v) is 3.84. The van der Waals surface area contributed by atoms with Gasteiger partial charge in [0.15, 0.2) is 0 Å². The minimum Gasteiger partial charge on any atom is -0.395 e. The first-order valence-electron chi connectivity index (χ1n) is 6.12. The fraction of sp³-hybridized carbons (Fsp3) is 0.750. The summed E-state index contributed by atoms with van der Waals surface area (Å²) in [5.74, 6) is 0.874. The van der Waals surface area contributed by atoms with Crippen LogP contribution in [0.5, 0.6) is 0 Å². The number of hydrogen-bond donors (Lipinski definition) is 1. The summed E-state index contributed by atoms with van der Waals surface area (Å²) in [6, 6.07) is 0.295. The molecule has 16 heavy (non-hydrogen) atoms. The molecule has 88 valence electrons. The summed E-state index contributed by atoms with van der Waals surface area (Å²) in [7, 11) is 2.04. The van der Waals surface area contributed by atoms with Crippen LogP contribution in [0.25, 0.3) is 0 Å². The van der Waals surface area contributed by atoms with E-state index in [9.17, 15) is 5.11 Å². The first-order valence-corrected chi connectivity index (χ1v) is 6.12. The van der Waals surface area contributed by atoms with E-state index in [1.165, 1.54) is 24.2 Å². The molecule has 1 aliphatic heterocycles. The zero-order valence-corrected chi connectivity index (χ0v) is 9.76. The molecule has 1 aromatic heterocycles. The molecule has 4 heteroatoms. The summed E-state index contributed by atoms with van der Waals surface area (Å²) in [5, 5.41) is 9.48. The zero-order valence-electron chi connectivity index (χ0n) is 9.76. The van der Waals surface area contributed by atoms with Crippen molar-refractivity contribution in [2.24, 2.45) is 13.0 Å². The average molecular weight is 221 g/mol. The molecule has 0 saturated heterocycles. The van der Waals surface area contributed by atoms with Gasteiger partial charge in [-0.2, -0.15) is 0 Å². The van der Waals surface area contributed by atoms with E-state index in [4.69, 9.17) is 0 Å². The highest BCUT2D eigenvalue weighted by molar-refractivity contribution is 5.18. The van der Waals surface area contributed by atoms with E-state index in [1.807, 2.05) is 13.4 Å². The lowest BCUT2D eigenvalue weighted by Crippen LogP contribution is -2.44. The molecule has 1 aromatic rings. The van der Waals surface area contributed by atoms with E-state index in [1.54, 1.807) is 0 Å². The fourth-order valence-electron chi connectivity index (χ4n) is 2.60. The molecule has 0 amide bonds. The van der Waals surface area contributed by atoms with Crippen LogP contribution in [0.4, 0.5) is 0 Å². The minimum atomic E-state index is 0.261. The summed E-state index contributed by atoms with van der Waals surface area (Å²) in [4.78, 5) is 6.85. The van der Waals surface area contributed by atoms with Gasteiger partial charge in [0.1, 0.15) is 0 Å². The standard InChI is InChI=1S/C12H19N3O/c1-14-8-13-11-6-15(5-9-2-3-9)10(7-16)4-12(11)14/h8-10,16H,2-7H2,1H3. The van der Waals surface area contributed by atoms with Gasteiger partial charge in [0, 0.05) is 38.3 Å². The number of rotatable bonds is 3. The van der Waals surface area contributed by atoms with Gasteiger partial charge in [-0.05, 0) is 18.8 Å². The van der Waals surface area contributed by atoms with Crippen molar-refractivity contribution in [3.8, 4) is 0 Å². The van der Waals surface area contributed by atoms with Crippen LogP contribution >= 0.6 is 0 Å². The molecule has 2 heterocycles. The Labute approximate surface area is 95.9 Å². The van der Waals surface area contributed by atoms with Gasteiger partial charge in [0.05, 0.1) is 18.6 Å². The topological polar surface area (TPSA) is 41.3 Å². The lowest BCUT2D eigenvalue weighted by molar-refractivity contribution is 0.0988. The van der Waals surface area contributed by atoms with Crippen molar-refractivity contribution < 1.29 is 5.11 Å². The largest absolute Gasteiger partial charge is 0.395 e. The van der Waals surface area contributed by atoms with Crippen LogP contribution in [0.15, 0.2) is 6.33 Å². The number of aromatic nitrogens is 2. The first-order chi connectivity index (χ1) is 7.78. The zero-order chi connectivity index (χ0) is 11.1. The molecule has 0 aromatic carbocycles. The molecule has 1 atom stereocenters. The first kappa shape index (κ1) is 10.3. The molecule has 0 bridgehead atoms. The van der Waals surface area contributed by atoms with Crippen LogP contribution in [-0.2, 0) is 20.0 Å². The summed E-state index contributed by atoms with van der Waals surface area (Å²) < 4.78 is 2.09. The number of aryl methyl sites for hydroxylation is 1. The fourth-order valence-corrected chi connectivity index (χ4v) is 2.60. The Balaban J connectivity index is 1.80. The molecule has 2 aliphatic rings. The maximum Gasteiger partial charge on any atom is 0.0949 e. The lowest BCUT2D eigenvalue weighted by atomic mass is 10.0. The third kappa shape index (κ3) is 1.76. The van der Waals surface area contributed by atoms with Gasteiger partial charge < -0.3 is 9.67 Å². The number of aliphatic hydroxyl groups excluding tert-OH is 1. The molecule has 0 spiro atoms. The monoisotopic (exact) mass is 221 g/mol. The smallest absolute Gasteiger partial charge is 0.0949 e. The van der Waals surface area contributed by atoms with Crippen molar-refractivity contribution in [3.05, 3.63) is 17.7 Å². The average Bonchev–Trinajstić information content (AvgIpc) is 3.03. The molecular weight excluding hydrogens is 202 g/mol. The molecule has 1 N–H and O–H groups in total. The maximum atomic E-state index is 9.48. The summed E-state index contributed by atoms with van der Waals surface area (Å²) in [5.41, 5.74) is 2.50. The Bertz CT molecular complexity index is 384. The van der Waals surface area contributed by atoms with Crippen LogP contribution in [0.3, 0.4) is 0 Å². The van der Waals surface area contributed by atoms with E-state index < -0.39 is 0 Å². The van der Waals surface area contributed by atoms with E-state index in [0.29, 0.717) is 6.04 Å². The van der Waals surface area contributed by atoms with Crippen molar-refractivity contribution in [2.45, 2.75) is 31.8 Å². The maximum absolute atomic E-state index is 9.48. The SMILES string of the molecule is Cn1cnc2c1CC(CO)N(CC1CC1)C2. The second-order valence-corrected chi connectivity index (χ2v) is 5.16. The van der Waals surface area contributed by atoms with Crippen molar-refractivity contribution >= 4 is 0 Å². The number of hydrogen-bond acceptors (Lipinski definition) is 3. The van der Waals surface area contributed by atoms with Crippen molar-refractivity contribution in [1.82, 2.24) is 14.5 Å². The van der Waals surface area contributed by atoms with Crippen LogP contribution in [0.1, 0.15) is 24.2 Å². The Morgan fingerprint density at radius 1 is 1.50 bits per heavy atom. The van der Waals surface area contributed by atoms with Gasteiger partial charge >= 0.3 is 0 Å². The van der Waals surface area contributed by atoms with Gasteiger partial charge in [-0.3, -0.25) is 4.90 Å². The molecule has 1 unspecified atom stereocenters. The Kier molecular flexibility index (Phi) is 2.48. The number of imidazole rings is 1. The highest BCUT2D eigenvalue weighted by Crippen LogP contribution is 2.32. The summed E-state index contributed by atoms with van der Waals surface area (Å²) in [6.45, 7) is 2.32. The third-order valence-electron chi connectivity index (χ3n) is 3.84.